The van der Waals surface area contributed by atoms with Crippen LogP contribution in [0.3, 0.4) is 0 Å². The van der Waals surface area contributed by atoms with Crippen LogP contribution < -0.4 is 4.74 Å². The normalized spacial score (nSPS) is 18.1. The van der Waals surface area contributed by atoms with E-state index in [2.05, 4.69) is 19.9 Å². The maximum Gasteiger partial charge on any atom is 0.128 e. The lowest BCUT2D eigenvalue weighted by molar-refractivity contribution is 0.112. The summed E-state index contributed by atoms with van der Waals surface area (Å²) in [6.45, 7) is 4.91. The monoisotopic (exact) mass is 206 g/mol. The van der Waals surface area contributed by atoms with Gasteiger partial charge in [0.25, 0.3) is 0 Å². The standard InChI is InChI=1S/C13H18O2/c1-3-9(2)12(14)11-6-4-5-10-7-8-15-13(10)11/h4-6,9,12,14H,3,7-8H2,1-2H3. The van der Waals surface area contributed by atoms with Crippen molar-refractivity contribution in [2.24, 2.45) is 5.92 Å². The highest BCUT2D eigenvalue weighted by molar-refractivity contribution is 5.45. The lowest BCUT2D eigenvalue weighted by atomic mass is 9.93. The molecule has 1 heterocycles. The molecule has 15 heavy (non-hydrogen) atoms. The molecule has 1 aliphatic rings. The molecule has 2 atom stereocenters. The van der Waals surface area contributed by atoms with Crippen LogP contribution in [0, 0.1) is 5.92 Å². The van der Waals surface area contributed by atoms with Gasteiger partial charge in [-0.3, -0.25) is 0 Å². The molecule has 0 saturated heterocycles. The topological polar surface area (TPSA) is 29.5 Å². The molecule has 1 N–H and O–H groups in total. The molecular weight excluding hydrogens is 188 g/mol. The second kappa shape index (κ2) is 4.23. The summed E-state index contributed by atoms with van der Waals surface area (Å²) in [6, 6.07) is 6.06. The molecular formula is C13H18O2. The molecule has 0 radical (unpaired) electrons. The minimum atomic E-state index is -0.400. The lowest BCUT2D eigenvalue weighted by Crippen LogP contribution is -2.09. The smallest absolute Gasteiger partial charge is 0.128 e. The number of aliphatic hydroxyl groups is 1. The average molecular weight is 206 g/mol. The third-order valence-electron chi connectivity index (χ3n) is 3.25. The summed E-state index contributed by atoms with van der Waals surface area (Å²) in [4.78, 5) is 0. The van der Waals surface area contributed by atoms with Crippen LogP contribution in [-0.4, -0.2) is 11.7 Å². The van der Waals surface area contributed by atoms with Crippen molar-refractivity contribution in [3.05, 3.63) is 29.3 Å². The van der Waals surface area contributed by atoms with Crippen LogP contribution in [0.15, 0.2) is 18.2 Å². The molecule has 0 amide bonds. The van der Waals surface area contributed by atoms with E-state index in [1.165, 1.54) is 5.56 Å². The van der Waals surface area contributed by atoms with Gasteiger partial charge in [0.1, 0.15) is 5.75 Å². The Morgan fingerprint density at radius 3 is 3.00 bits per heavy atom. The van der Waals surface area contributed by atoms with Crippen LogP contribution in [0.4, 0.5) is 0 Å². The Morgan fingerprint density at radius 2 is 2.27 bits per heavy atom. The Labute approximate surface area is 90.9 Å². The molecule has 1 aliphatic heterocycles. The van der Waals surface area contributed by atoms with Gasteiger partial charge in [-0.25, -0.2) is 0 Å². The van der Waals surface area contributed by atoms with Crippen molar-refractivity contribution in [3.8, 4) is 5.75 Å². The van der Waals surface area contributed by atoms with Crippen molar-refractivity contribution >= 4 is 0 Å². The number of hydrogen-bond acceptors (Lipinski definition) is 2. The Bertz CT molecular complexity index is 346. The van der Waals surface area contributed by atoms with Crippen LogP contribution >= 0.6 is 0 Å². The molecule has 1 aromatic rings. The Morgan fingerprint density at radius 1 is 1.47 bits per heavy atom. The Balaban J connectivity index is 2.32. The zero-order chi connectivity index (χ0) is 10.8. The van der Waals surface area contributed by atoms with Crippen molar-refractivity contribution in [1.82, 2.24) is 0 Å². The molecule has 0 saturated carbocycles. The zero-order valence-corrected chi connectivity index (χ0v) is 9.36. The van der Waals surface area contributed by atoms with E-state index in [0.717, 1.165) is 30.8 Å². The van der Waals surface area contributed by atoms with E-state index in [4.69, 9.17) is 4.74 Å². The first-order chi connectivity index (χ1) is 7.24. The lowest BCUT2D eigenvalue weighted by Gasteiger charge is -2.19. The summed E-state index contributed by atoms with van der Waals surface area (Å²) in [5, 5.41) is 10.2. The molecule has 2 heteroatoms. The van der Waals surface area contributed by atoms with E-state index in [1.807, 2.05) is 12.1 Å². The fourth-order valence-corrected chi connectivity index (χ4v) is 2.00. The molecule has 0 bridgehead atoms. The van der Waals surface area contributed by atoms with Crippen LogP contribution in [0.25, 0.3) is 0 Å². The zero-order valence-electron chi connectivity index (χ0n) is 9.36. The third kappa shape index (κ3) is 1.86. The van der Waals surface area contributed by atoms with Gasteiger partial charge >= 0.3 is 0 Å². The molecule has 2 nitrogen and oxygen atoms in total. The number of ether oxygens (including phenoxy) is 1. The number of benzene rings is 1. The van der Waals surface area contributed by atoms with Crippen molar-refractivity contribution in [2.45, 2.75) is 32.8 Å². The van der Waals surface area contributed by atoms with E-state index in [1.54, 1.807) is 0 Å². The summed E-state index contributed by atoms with van der Waals surface area (Å²) in [6.07, 6.45) is 1.55. The summed E-state index contributed by atoms with van der Waals surface area (Å²) in [5.41, 5.74) is 2.19. The largest absolute Gasteiger partial charge is 0.493 e. The Hall–Kier alpha value is -1.02. The molecule has 2 rings (SSSR count). The van der Waals surface area contributed by atoms with Gasteiger partial charge in [0.15, 0.2) is 0 Å². The van der Waals surface area contributed by atoms with Crippen molar-refractivity contribution in [2.75, 3.05) is 6.61 Å². The van der Waals surface area contributed by atoms with Crippen LogP contribution in [0.5, 0.6) is 5.75 Å². The maximum atomic E-state index is 10.2. The number of para-hydroxylation sites is 1. The number of hydrogen-bond donors (Lipinski definition) is 1. The summed E-state index contributed by atoms with van der Waals surface area (Å²) in [5.74, 6) is 1.20. The van der Waals surface area contributed by atoms with Crippen LogP contribution in [-0.2, 0) is 6.42 Å². The molecule has 0 aromatic heterocycles. The molecule has 82 valence electrons. The predicted molar refractivity (Wildman–Crippen MR) is 60.1 cm³/mol. The fraction of sp³-hybridized carbons (Fsp3) is 0.538. The van der Waals surface area contributed by atoms with E-state index < -0.39 is 6.10 Å². The quantitative estimate of drug-likeness (QED) is 0.824. The number of fused-ring (bicyclic) bond motifs is 1. The van der Waals surface area contributed by atoms with Crippen LogP contribution in [0.2, 0.25) is 0 Å². The van der Waals surface area contributed by atoms with E-state index in [0.29, 0.717) is 0 Å². The van der Waals surface area contributed by atoms with Gasteiger partial charge in [-0.1, -0.05) is 38.5 Å². The van der Waals surface area contributed by atoms with Gasteiger partial charge in [0.05, 0.1) is 12.7 Å². The van der Waals surface area contributed by atoms with Crippen molar-refractivity contribution < 1.29 is 9.84 Å². The fourth-order valence-electron chi connectivity index (χ4n) is 2.00. The Kier molecular flexibility index (Phi) is 2.96. The van der Waals surface area contributed by atoms with Crippen LogP contribution in [0.1, 0.15) is 37.5 Å². The van der Waals surface area contributed by atoms with Crippen molar-refractivity contribution in [1.29, 1.82) is 0 Å². The van der Waals surface area contributed by atoms with E-state index >= 15 is 0 Å². The molecule has 0 fully saturated rings. The maximum absolute atomic E-state index is 10.2. The highest BCUT2D eigenvalue weighted by Gasteiger charge is 2.23. The highest BCUT2D eigenvalue weighted by atomic mass is 16.5. The average Bonchev–Trinajstić information content (AvgIpc) is 2.74. The third-order valence-corrected chi connectivity index (χ3v) is 3.25. The van der Waals surface area contributed by atoms with Gasteiger partial charge in [-0.15, -0.1) is 0 Å². The molecule has 1 aromatic carbocycles. The van der Waals surface area contributed by atoms with Gasteiger partial charge in [-0.05, 0) is 11.5 Å². The van der Waals surface area contributed by atoms with Crippen molar-refractivity contribution in [3.63, 3.8) is 0 Å². The first kappa shape index (κ1) is 10.5. The second-order valence-corrected chi connectivity index (χ2v) is 4.26. The summed E-state index contributed by atoms with van der Waals surface area (Å²) in [7, 11) is 0. The number of aliphatic hydroxyl groups excluding tert-OH is 1. The summed E-state index contributed by atoms with van der Waals surface area (Å²) < 4.78 is 5.59. The number of rotatable bonds is 3. The first-order valence-corrected chi connectivity index (χ1v) is 5.66. The van der Waals surface area contributed by atoms with E-state index in [-0.39, 0.29) is 5.92 Å². The molecule has 2 unspecified atom stereocenters. The predicted octanol–water partition coefficient (Wildman–Crippen LogP) is 2.70. The van der Waals surface area contributed by atoms with Gasteiger partial charge < -0.3 is 9.84 Å². The molecule has 0 aliphatic carbocycles. The van der Waals surface area contributed by atoms with Gasteiger partial charge in [0.2, 0.25) is 0 Å². The SMILES string of the molecule is CCC(C)C(O)c1cccc2c1OCC2. The minimum absolute atomic E-state index is 0.278. The molecule has 0 spiro atoms. The van der Waals surface area contributed by atoms with Gasteiger partial charge in [0, 0.05) is 12.0 Å². The van der Waals surface area contributed by atoms with Gasteiger partial charge in [-0.2, -0.15) is 0 Å². The summed E-state index contributed by atoms with van der Waals surface area (Å²) >= 11 is 0. The van der Waals surface area contributed by atoms with E-state index in [9.17, 15) is 5.11 Å². The highest BCUT2D eigenvalue weighted by Crippen LogP contribution is 2.36. The second-order valence-electron chi connectivity index (χ2n) is 4.26. The first-order valence-electron chi connectivity index (χ1n) is 5.66. The minimum Gasteiger partial charge on any atom is -0.493 e.